The largest absolute Gasteiger partial charge is 0.247 e. The zero-order valence-corrected chi connectivity index (χ0v) is 12.6. The molecule has 0 radical (unpaired) electrons. The van der Waals surface area contributed by atoms with Gasteiger partial charge in [-0.15, -0.1) is 0 Å². The number of hydrogen-bond acceptors (Lipinski definition) is 1. The van der Waals surface area contributed by atoms with Gasteiger partial charge in [0.05, 0.1) is 11.4 Å². The van der Waals surface area contributed by atoms with Gasteiger partial charge in [-0.2, -0.15) is 0 Å². The van der Waals surface area contributed by atoms with Crippen LogP contribution >= 0.6 is 0 Å². The lowest BCUT2D eigenvalue weighted by Gasteiger charge is -2.07. The van der Waals surface area contributed by atoms with Crippen molar-refractivity contribution in [3.05, 3.63) is 76.3 Å². The van der Waals surface area contributed by atoms with E-state index in [1.807, 2.05) is 0 Å². The third-order valence-electron chi connectivity index (χ3n) is 4.22. The average molecular weight is 271 g/mol. The minimum absolute atomic E-state index is 1.10. The molecule has 0 unspecified atom stereocenters. The lowest BCUT2D eigenvalue weighted by Crippen LogP contribution is -2.01. The third-order valence-corrected chi connectivity index (χ3v) is 4.22. The molecule has 0 spiro atoms. The number of hydrogen-bond donors (Lipinski definition) is 0. The molecule has 3 aromatic carbocycles. The van der Waals surface area contributed by atoms with Crippen molar-refractivity contribution in [2.75, 3.05) is 0 Å². The summed E-state index contributed by atoms with van der Waals surface area (Å²) in [6.45, 7) is 6.45. The topological polar surface area (TPSA) is 12.4 Å². The van der Waals surface area contributed by atoms with Crippen molar-refractivity contribution >= 4 is 22.2 Å². The average Bonchev–Trinajstić information content (AvgIpc) is 2.82. The normalized spacial score (nSPS) is 12.8. The van der Waals surface area contributed by atoms with Crippen molar-refractivity contribution in [2.24, 2.45) is 4.99 Å². The summed E-state index contributed by atoms with van der Waals surface area (Å²) >= 11 is 0. The number of aryl methyl sites for hydroxylation is 3. The van der Waals surface area contributed by atoms with Gasteiger partial charge in [0.1, 0.15) is 0 Å². The highest BCUT2D eigenvalue weighted by Crippen LogP contribution is 2.38. The van der Waals surface area contributed by atoms with Gasteiger partial charge in [0.25, 0.3) is 0 Å². The number of rotatable bonds is 1. The Kier molecular flexibility index (Phi) is 2.52. The van der Waals surface area contributed by atoms with Gasteiger partial charge in [0.2, 0.25) is 0 Å². The monoisotopic (exact) mass is 271 g/mol. The van der Waals surface area contributed by atoms with Crippen LogP contribution in [0.15, 0.2) is 53.5 Å². The van der Waals surface area contributed by atoms with Crippen LogP contribution in [0.1, 0.15) is 27.8 Å². The Morgan fingerprint density at radius 2 is 1.57 bits per heavy atom. The van der Waals surface area contributed by atoms with Crippen LogP contribution in [-0.2, 0) is 0 Å². The van der Waals surface area contributed by atoms with Crippen LogP contribution < -0.4 is 0 Å². The zero-order valence-electron chi connectivity index (χ0n) is 12.6. The minimum atomic E-state index is 1.10. The molecule has 102 valence electrons. The summed E-state index contributed by atoms with van der Waals surface area (Å²) in [5.74, 6) is 0. The van der Waals surface area contributed by atoms with E-state index in [1.54, 1.807) is 0 Å². The van der Waals surface area contributed by atoms with Gasteiger partial charge >= 0.3 is 0 Å². The number of benzene rings is 3. The first-order valence-corrected chi connectivity index (χ1v) is 7.33. The fraction of sp³-hybridized carbons (Fsp3) is 0.150. The second-order valence-electron chi connectivity index (χ2n) is 5.97. The van der Waals surface area contributed by atoms with E-state index in [1.165, 1.54) is 38.6 Å². The van der Waals surface area contributed by atoms with Gasteiger partial charge in [-0.1, -0.05) is 41.5 Å². The number of nitrogens with zero attached hydrogens (tertiary/aromatic N) is 1. The molecule has 0 aliphatic carbocycles. The molecule has 1 heteroatoms. The van der Waals surface area contributed by atoms with Crippen molar-refractivity contribution in [3.63, 3.8) is 0 Å². The van der Waals surface area contributed by atoms with E-state index in [0.29, 0.717) is 0 Å². The van der Waals surface area contributed by atoms with Crippen LogP contribution in [0.3, 0.4) is 0 Å². The Morgan fingerprint density at radius 3 is 2.33 bits per heavy atom. The molecule has 21 heavy (non-hydrogen) atoms. The van der Waals surface area contributed by atoms with Crippen LogP contribution in [-0.4, -0.2) is 5.71 Å². The van der Waals surface area contributed by atoms with E-state index in [4.69, 9.17) is 4.99 Å². The molecule has 0 fully saturated rings. The van der Waals surface area contributed by atoms with Crippen LogP contribution in [0.25, 0.3) is 10.8 Å². The highest BCUT2D eigenvalue weighted by molar-refractivity contribution is 6.26. The molecule has 0 atom stereocenters. The molecule has 0 N–H and O–H groups in total. The molecular formula is C20H17N. The standard InChI is InChI=1S/C20H17N/c1-12-9-13(2)11-15(10-12)20-17-6-4-5-16-14(3)7-8-18(21-20)19(16)17/h4-11H,1-3H3. The smallest absolute Gasteiger partial charge is 0.0789 e. The lowest BCUT2D eigenvalue weighted by atomic mass is 9.95. The van der Waals surface area contributed by atoms with Gasteiger partial charge in [-0.3, -0.25) is 0 Å². The quantitative estimate of drug-likeness (QED) is 0.448. The van der Waals surface area contributed by atoms with Crippen LogP contribution in [0, 0.1) is 20.8 Å². The fourth-order valence-electron chi connectivity index (χ4n) is 3.34. The predicted molar refractivity (Wildman–Crippen MR) is 89.9 cm³/mol. The molecule has 0 saturated carbocycles. The van der Waals surface area contributed by atoms with E-state index < -0.39 is 0 Å². The van der Waals surface area contributed by atoms with Crippen molar-refractivity contribution in [2.45, 2.75) is 20.8 Å². The summed E-state index contributed by atoms with van der Waals surface area (Å²) < 4.78 is 0. The molecule has 1 nitrogen and oxygen atoms in total. The maximum absolute atomic E-state index is 4.91. The van der Waals surface area contributed by atoms with Crippen LogP contribution in [0.4, 0.5) is 5.69 Å². The van der Waals surface area contributed by atoms with Crippen LogP contribution in [0.5, 0.6) is 0 Å². The maximum Gasteiger partial charge on any atom is 0.0789 e. The van der Waals surface area contributed by atoms with Gasteiger partial charge in [-0.25, -0.2) is 4.99 Å². The minimum Gasteiger partial charge on any atom is -0.247 e. The summed E-state index contributed by atoms with van der Waals surface area (Å²) in [7, 11) is 0. The van der Waals surface area contributed by atoms with E-state index >= 15 is 0 Å². The summed E-state index contributed by atoms with van der Waals surface area (Å²) in [6, 6.07) is 17.5. The molecular weight excluding hydrogens is 254 g/mol. The predicted octanol–water partition coefficient (Wildman–Crippen LogP) is 5.25. The second kappa shape index (κ2) is 4.29. The van der Waals surface area contributed by atoms with E-state index in [-0.39, 0.29) is 0 Å². The molecule has 1 heterocycles. The Hall–Kier alpha value is -2.41. The van der Waals surface area contributed by atoms with Crippen molar-refractivity contribution in [1.29, 1.82) is 0 Å². The molecule has 0 bridgehead atoms. The molecule has 0 aromatic heterocycles. The maximum atomic E-state index is 4.91. The SMILES string of the molecule is Cc1cc(C)cc(C2=Nc3ccc(C)c4cccc2c34)c1. The molecule has 1 aliphatic rings. The Bertz CT molecular complexity index is 896. The summed E-state index contributed by atoms with van der Waals surface area (Å²) in [6.07, 6.45) is 0. The fourth-order valence-corrected chi connectivity index (χ4v) is 3.34. The van der Waals surface area contributed by atoms with E-state index in [9.17, 15) is 0 Å². The highest BCUT2D eigenvalue weighted by atomic mass is 14.8. The van der Waals surface area contributed by atoms with Crippen molar-refractivity contribution in [1.82, 2.24) is 0 Å². The highest BCUT2D eigenvalue weighted by Gasteiger charge is 2.20. The molecule has 1 aliphatic heterocycles. The first-order valence-electron chi connectivity index (χ1n) is 7.33. The van der Waals surface area contributed by atoms with Gasteiger partial charge < -0.3 is 0 Å². The van der Waals surface area contributed by atoms with Gasteiger partial charge in [0, 0.05) is 16.5 Å². The molecule has 0 amide bonds. The summed E-state index contributed by atoms with van der Waals surface area (Å²) in [5, 5.41) is 2.61. The zero-order chi connectivity index (χ0) is 14.6. The third kappa shape index (κ3) is 1.81. The summed E-state index contributed by atoms with van der Waals surface area (Å²) in [4.78, 5) is 4.91. The molecule has 0 saturated heterocycles. The first-order chi connectivity index (χ1) is 10.1. The van der Waals surface area contributed by atoms with Gasteiger partial charge in [0.15, 0.2) is 0 Å². The van der Waals surface area contributed by atoms with E-state index in [0.717, 1.165) is 11.4 Å². The number of aliphatic imine (C=N–C) groups is 1. The van der Waals surface area contributed by atoms with Gasteiger partial charge in [-0.05, 0) is 49.9 Å². The van der Waals surface area contributed by atoms with Crippen LogP contribution in [0.2, 0.25) is 0 Å². The molecule has 4 rings (SSSR count). The Labute approximate surface area is 125 Å². The molecule has 3 aromatic rings. The lowest BCUT2D eigenvalue weighted by molar-refractivity contribution is 1.37. The van der Waals surface area contributed by atoms with Crippen molar-refractivity contribution < 1.29 is 0 Å². The Balaban J connectivity index is 2.02. The summed E-state index contributed by atoms with van der Waals surface area (Å²) in [5.41, 5.74) is 8.56. The second-order valence-corrected chi connectivity index (χ2v) is 5.97. The Morgan fingerprint density at radius 1 is 0.810 bits per heavy atom. The van der Waals surface area contributed by atoms with E-state index in [2.05, 4.69) is 69.3 Å². The van der Waals surface area contributed by atoms with Crippen molar-refractivity contribution in [3.8, 4) is 0 Å². The first kappa shape index (κ1) is 12.3.